The summed E-state index contributed by atoms with van der Waals surface area (Å²) in [5.74, 6) is -0.496. The second kappa shape index (κ2) is 50.8. The minimum absolute atomic E-state index is 0.0663. The number of amides is 1. The maximum Gasteiger partial charge on any atom is 0.306 e. The number of aliphatic hydroxyl groups excluding tert-OH is 2. The molecule has 0 spiro atoms. The summed E-state index contributed by atoms with van der Waals surface area (Å²) >= 11 is 0. The van der Waals surface area contributed by atoms with Gasteiger partial charge in [-0.05, 0) is 89.9 Å². The number of rotatable bonds is 49. The Labute approximate surface area is 391 Å². The van der Waals surface area contributed by atoms with Crippen molar-refractivity contribution < 1.29 is 24.5 Å². The standard InChI is InChI=1S/C57H105NO5/c1-4-7-10-13-16-19-22-24-26-28-30-32-34-36-39-42-45-48-53(51-56(61)58-54(52-59)55(60)49-46-43-40-37-21-18-15-12-9-6-3)63-57(62)50-47-44-41-38-35-33-31-29-27-25-23-20-17-14-11-8-5-2/h17,20,24-27,31,33,53-55,59-60H,4-16,18-19,21-23,28-30,32,34-52H2,1-3H3,(H,58,61)/b20-17-,26-24+,27-25-,33-31-. The molecule has 6 nitrogen and oxygen atoms in total. The van der Waals surface area contributed by atoms with Crippen LogP contribution in [-0.2, 0) is 14.3 Å². The van der Waals surface area contributed by atoms with Crippen molar-refractivity contribution in [2.24, 2.45) is 0 Å². The summed E-state index contributed by atoms with van der Waals surface area (Å²) in [6, 6.07) is -0.707. The van der Waals surface area contributed by atoms with Gasteiger partial charge in [-0.2, -0.15) is 0 Å². The molecule has 1 amide bonds. The molecular formula is C57H105NO5. The Hall–Kier alpha value is -2.18. The van der Waals surface area contributed by atoms with Gasteiger partial charge >= 0.3 is 5.97 Å². The van der Waals surface area contributed by atoms with Crippen molar-refractivity contribution >= 4 is 11.9 Å². The lowest BCUT2D eigenvalue weighted by molar-refractivity contribution is -0.151. The fraction of sp³-hybridized carbons (Fsp3) is 0.825. The first-order valence-corrected chi connectivity index (χ1v) is 27.4. The molecule has 0 aliphatic rings. The Morgan fingerprint density at radius 2 is 0.810 bits per heavy atom. The maximum absolute atomic E-state index is 13.2. The normalized spacial score (nSPS) is 13.5. The van der Waals surface area contributed by atoms with Crippen LogP contribution >= 0.6 is 0 Å². The fourth-order valence-electron chi connectivity index (χ4n) is 8.20. The van der Waals surface area contributed by atoms with E-state index in [2.05, 4.69) is 74.7 Å². The lowest BCUT2D eigenvalue weighted by Crippen LogP contribution is -2.46. The molecule has 0 aliphatic heterocycles. The molecule has 0 bridgehead atoms. The lowest BCUT2D eigenvalue weighted by atomic mass is 10.0. The van der Waals surface area contributed by atoms with Crippen LogP contribution in [0, 0.1) is 0 Å². The van der Waals surface area contributed by atoms with Crippen molar-refractivity contribution in [2.45, 2.75) is 296 Å². The number of unbranched alkanes of at least 4 members (excludes halogenated alkanes) is 29. The third kappa shape index (κ3) is 46.2. The molecule has 0 aliphatic carbocycles. The van der Waals surface area contributed by atoms with Crippen LogP contribution in [0.1, 0.15) is 278 Å². The van der Waals surface area contributed by atoms with E-state index in [1.807, 2.05) is 0 Å². The van der Waals surface area contributed by atoms with Crippen LogP contribution in [0.5, 0.6) is 0 Å². The van der Waals surface area contributed by atoms with E-state index in [0.29, 0.717) is 19.3 Å². The van der Waals surface area contributed by atoms with Gasteiger partial charge in [-0.3, -0.25) is 9.59 Å². The highest BCUT2D eigenvalue weighted by Crippen LogP contribution is 2.18. The monoisotopic (exact) mass is 884 g/mol. The minimum Gasteiger partial charge on any atom is -0.462 e. The van der Waals surface area contributed by atoms with Gasteiger partial charge < -0.3 is 20.3 Å². The molecule has 0 aromatic rings. The molecule has 0 rings (SSSR count). The van der Waals surface area contributed by atoms with Crippen LogP contribution in [-0.4, -0.2) is 46.9 Å². The summed E-state index contributed by atoms with van der Waals surface area (Å²) in [5, 5.41) is 23.8. The van der Waals surface area contributed by atoms with Gasteiger partial charge in [0.05, 0.1) is 25.2 Å². The van der Waals surface area contributed by atoms with E-state index in [4.69, 9.17) is 4.74 Å². The predicted molar refractivity (Wildman–Crippen MR) is 273 cm³/mol. The van der Waals surface area contributed by atoms with E-state index in [-0.39, 0.29) is 24.9 Å². The second-order valence-electron chi connectivity index (χ2n) is 18.6. The molecule has 0 saturated heterocycles. The summed E-state index contributed by atoms with van der Waals surface area (Å²) in [6.07, 6.45) is 61.7. The zero-order chi connectivity index (χ0) is 45.9. The maximum atomic E-state index is 13.2. The van der Waals surface area contributed by atoms with E-state index in [1.165, 1.54) is 148 Å². The Morgan fingerprint density at radius 1 is 0.460 bits per heavy atom. The highest BCUT2D eigenvalue weighted by Gasteiger charge is 2.24. The van der Waals surface area contributed by atoms with Crippen LogP contribution < -0.4 is 5.32 Å². The third-order valence-corrected chi connectivity index (χ3v) is 12.4. The Balaban J connectivity index is 4.61. The number of carbonyl (C=O) groups excluding carboxylic acids is 2. The summed E-state index contributed by atoms with van der Waals surface area (Å²) in [5.41, 5.74) is 0. The molecule has 6 heteroatoms. The van der Waals surface area contributed by atoms with Crippen LogP contribution in [0.3, 0.4) is 0 Å². The number of carbonyl (C=O) groups is 2. The molecule has 3 unspecified atom stereocenters. The van der Waals surface area contributed by atoms with Gasteiger partial charge in [0, 0.05) is 6.42 Å². The fourth-order valence-corrected chi connectivity index (χ4v) is 8.20. The second-order valence-corrected chi connectivity index (χ2v) is 18.6. The van der Waals surface area contributed by atoms with Gasteiger partial charge in [0.25, 0.3) is 0 Å². The highest BCUT2D eigenvalue weighted by atomic mass is 16.5. The van der Waals surface area contributed by atoms with Crippen molar-refractivity contribution in [3.63, 3.8) is 0 Å². The number of allylic oxidation sites excluding steroid dienone is 8. The molecule has 3 N–H and O–H groups in total. The highest BCUT2D eigenvalue weighted by molar-refractivity contribution is 5.77. The Morgan fingerprint density at radius 3 is 1.27 bits per heavy atom. The summed E-state index contributed by atoms with van der Waals surface area (Å²) in [7, 11) is 0. The Bertz CT molecular complexity index is 1080. The van der Waals surface area contributed by atoms with Crippen molar-refractivity contribution in [1.29, 1.82) is 0 Å². The number of hydrogen-bond donors (Lipinski definition) is 3. The topological polar surface area (TPSA) is 95.9 Å². The quantitative estimate of drug-likeness (QED) is 0.0321. The number of nitrogens with one attached hydrogen (secondary N) is 1. The smallest absolute Gasteiger partial charge is 0.306 e. The molecule has 0 aromatic carbocycles. The van der Waals surface area contributed by atoms with E-state index in [1.54, 1.807) is 0 Å². The van der Waals surface area contributed by atoms with Gasteiger partial charge in [0.2, 0.25) is 5.91 Å². The van der Waals surface area contributed by atoms with Gasteiger partial charge in [0.1, 0.15) is 6.10 Å². The van der Waals surface area contributed by atoms with Gasteiger partial charge in [-0.1, -0.05) is 223 Å². The number of ether oxygens (including phenoxy) is 1. The summed E-state index contributed by atoms with van der Waals surface area (Å²) < 4.78 is 5.94. The number of hydrogen-bond acceptors (Lipinski definition) is 5. The molecule has 368 valence electrons. The van der Waals surface area contributed by atoms with Crippen molar-refractivity contribution in [3.8, 4) is 0 Å². The van der Waals surface area contributed by atoms with E-state index >= 15 is 0 Å². The van der Waals surface area contributed by atoms with Crippen LogP contribution in [0.4, 0.5) is 0 Å². The average Bonchev–Trinajstić information content (AvgIpc) is 3.28. The number of esters is 1. The largest absolute Gasteiger partial charge is 0.462 e. The molecule has 0 fully saturated rings. The molecule has 0 heterocycles. The van der Waals surface area contributed by atoms with E-state index in [0.717, 1.165) is 83.5 Å². The Kier molecular flexibility index (Phi) is 49.1. The van der Waals surface area contributed by atoms with Crippen molar-refractivity contribution in [2.75, 3.05) is 6.61 Å². The van der Waals surface area contributed by atoms with Crippen LogP contribution in [0.2, 0.25) is 0 Å². The predicted octanol–water partition coefficient (Wildman–Crippen LogP) is 16.6. The van der Waals surface area contributed by atoms with Crippen LogP contribution in [0.25, 0.3) is 0 Å². The molecule has 0 radical (unpaired) electrons. The van der Waals surface area contributed by atoms with Crippen molar-refractivity contribution in [1.82, 2.24) is 5.32 Å². The van der Waals surface area contributed by atoms with Crippen molar-refractivity contribution in [3.05, 3.63) is 48.6 Å². The first-order valence-electron chi connectivity index (χ1n) is 27.4. The molecular weight excluding hydrogens is 779 g/mol. The zero-order valence-electron chi connectivity index (χ0n) is 42.0. The summed E-state index contributed by atoms with van der Waals surface area (Å²) in [4.78, 5) is 26.2. The molecule has 0 aromatic heterocycles. The first kappa shape index (κ1) is 60.8. The number of aliphatic hydroxyl groups is 2. The van der Waals surface area contributed by atoms with Gasteiger partial charge in [-0.15, -0.1) is 0 Å². The third-order valence-electron chi connectivity index (χ3n) is 12.4. The van der Waals surface area contributed by atoms with E-state index in [9.17, 15) is 19.8 Å². The minimum atomic E-state index is -0.792. The molecule has 0 saturated carbocycles. The lowest BCUT2D eigenvalue weighted by Gasteiger charge is -2.24. The van der Waals surface area contributed by atoms with Crippen LogP contribution in [0.15, 0.2) is 48.6 Å². The molecule has 3 atom stereocenters. The first-order chi connectivity index (χ1) is 31.0. The van der Waals surface area contributed by atoms with E-state index < -0.39 is 18.2 Å². The summed E-state index contributed by atoms with van der Waals surface area (Å²) in [6.45, 7) is 6.45. The van der Waals surface area contributed by atoms with Gasteiger partial charge in [-0.25, -0.2) is 0 Å². The average molecular weight is 884 g/mol. The van der Waals surface area contributed by atoms with Gasteiger partial charge in [0.15, 0.2) is 0 Å². The SMILES string of the molecule is CCCCC/C=C\C/C=C\C/C=C\CCCCCCC(=O)OC(CCCCCCCCC/C=C/CCCCCCCC)CC(=O)NC(CO)C(O)CCCCCCCCCCCC. The molecule has 63 heavy (non-hydrogen) atoms. The zero-order valence-corrected chi connectivity index (χ0v) is 42.0.